The lowest BCUT2D eigenvalue weighted by atomic mass is 9.99. The molecule has 0 saturated carbocycles. The van der Waals surface area contributed by atoms with E-state index in [2.05, 4.69) is 11.1 Å². The number of fused-ring (bicyclic) bond motifs is 1. The van der Waals surface area contributed by atoms with Gasteiger partial charge in [0.1, 0.15) is 0 Å². The summed E-state index contributed by atoms with van der Waals surface area (Å²) >= 11 is 0. The summed E-state index contributed by atoms with van der Waals surface area (Å²) in [6, 6.07) is 8.19. The van der Waals surface area contributed by atoms with Crippen LogP contribution in [0.25, 0.3) is 10.8 Å². The number of nitrogens with zero attached hydrogens (tertiary/aromatic N) is 1. The van der Waals surface area contributed by atoms with E-state index in [9.17, 15) is 0 Å². The molecule has 2 aromatic rings. The molecule has 1 aromatic carbocycles. The predicted molar refractivity (Wildman–Crippen MR) is 57.2 cm³/mol. The topological polar surface area (TPSA) is 33.1 Å². The second kappa shape index (κ2) is 3.76. The van der Waals surface area contributed by atoms with Crippen molar-refractivity contribution in [2.24, 2.45) is 0 Å². The van der Waals surface area contributed by atoms with Crippen LogP contribution in [0, 0.1) is 0 Å². The number of hydrogen-bond acceptors (Lipinski definition) is 2. The lowest BCUT2D eigenvalue weighted by Gasteiger charge is -2.08. The second-order valence-corrected chi connectivity index (χ2v) is 3.57. The van der Waals surface area contributed by atoms with E-state index in [1.165, 1.54) is 10.9 Å². The summed E-state index contributed by atoms with van der Waals surface area (Å²) in [5.41, 5.74) is 1.17. The fourth-order valence-corrected chi connectivity index (χ4v) is 1.51. The predicted octanol–water partition coefficient (Wildman–Crippen LogP) is 2.33. The Morgan fingerprint density at radius 1 is 1.29 bits per heavy atom. The number of rotatable bonds is 2. The number of aliphatic hydroxyl groups is 1. The number of hydrogen-bond donors (Lipinski definition) is 1. The maximum atomic E-state index is 9.05. The molecule has 1 aromatic heterocycles. The first-order chi connectivity index (χ1) is 6.81. The minimum absolute atomic E-state index is 0.191. The van der Waals surface area contributed by atoms with Gasteiger partial charge < -0.3 is 5.11 Å². The molecule has 1 atom stereocenters. The summed E-state index contributed by atoms with van der Waals surface area (Å²) in [5.74, 6) is 0.201. The third kappa shape index (κ3) is 1.61. The van der Waals surface area contributed by atoms with Crippen LogP contribution in [0.4, 0.5) is 0 Å². The van der Waals surface area contributed by atoms with Crippen LogP contribution in [0.5, 0.6) is 0 Å². The smallest absolute Gasteiger partial charge is 0.0497 e. The molecule has 0 aliphatic rings. The van der Waals surface area contributed by atoms with E-state index in [0.29, 0.717) is 0 Å². The van der Waals surface area contributed by atoms with Crippen molar-refractivity contribution < 1.29 is 5.11 Å². The van der Waals surface area contributed by atoms with Crippen LogP contribution < -0.4 is 0 Å². The summed E-state index contributed by atoms with van der Waals surface area (Å²) in [4.78, 5) is 4.06. The van der Waals surface area contributed by atoms with Gasteiger partial charge in [0.15, 0.2) is 0 Å². The minimum atomic E-state index is 0.191. The van der Waals surface area contributed by atoms with Gasteiger partial charge in [0, 0.05) is 30.3 Å². The summed E-state index contributed by atoms with van der Waals surface area (Å²) in [6.07, 6.45) is 3.64. The number of aromatic nitrogens is 1. The molecule has 2 heteroatoms. The van der Waals surface area contributed by atoms with Gasteiger partial charge in [0.2, 0.25) is 0 Å². The average molecular weight is 187 g/mol. The monoisotopic (exact) mass is 187 g/mol. The van der Waals surface area contributed by atoms with E-state index in [1.807, 2.05) is 31.3 Å². The van der Waals surface area contributed by atoms with Gasteiger partial charge >= 0.3 is 0 Å². The highest BCUT2D eigenvalue weighted by atomic mass is 16.3. The third-order valence-corrected chi connectivity index (χ3v) is 2.51. The molecule has 2 rings (SSSR count). The van der Waals surface area contributed by atoms with Gasteiger partial charge in [-0.05, 0) is 17.0 Å². The van der Waals surface area contributed by atoms with Crippen LogP contribution in [0.15, 0.2) is 36.7 Å². The Balaban J connectivity index is 2.51. The summed E-state index contributed by atoms with van der Waals surface area (Å²) < 4.78 is 0. The lowest BCUT2D eigenvalue weighted by molar-refractivity contribution is 0.273. The normalized spacial score (nSPS) is 13.0. The van der Waals surface area contributed by atoms with E-state index in [4.69, 9.17) is 5.11 Å². The van der Waals surface area contributed by atoms with Gasteiger partial charge in [-0.2, -0.15) is 0 Å². The maximum absolute atomic E-state index is 9.05. The van der Waals surface area contributed by atoms with Crippen LogP contribution in [-0.2, 0) is 0 Å². The Hall–Kier alpha value is -1.41. The Morgan fingerprint density at radius 2 is 2.14 bits per heavy atom. The van der Waals surface area contributed by atoms with Gasteiger partial charge in [-0.15, -0.1) is 0 Å². The Kier molecular flexibility index (Phi) is 2.46. The second-order valence-electron chi connectivity index (χ2n) is 3.57. The highest BCUT2D eigenvalue weighted by Crippen LogP contribution is 2.20. The van der Waals surface area contributed by atoms with Crippen LogP contribution in [0.1, 0.15) is 18.4 Å². The van der Waals surface area contributed by atoms with Crippen molar-refractivity contribution in [2.45, 2.75) is 12.8 Å². The van der Waals surface area contributed by atoms with Crippen LogP contribution in [-0.4, -0.2) is 16.7 Å². The molecular formula is C12H13NO. The quantitative estimate of drug-likeness (QED) is 0.782. The number of pyridine rings is 1. The molecule has 0 bridgehead atoms. The molecular weight excluding hydrogens is 174 g/mol. The van der Waals surface area contributed by atoms with Crippen LogP contribution in [0.2, 0.25) is 0 Å². The van der Waals surface area contributed by atoms with Crippen LogP contribution >= 0.6 is 0 Å². The molecule has 1 heterocycles. The fourth-order valence-electron chi connectivity index (χ4n) is 1.51. The van der Waals surface area contributed by atoms with Crippen molar-refractivity contribution in [1.29, 1.82) is 0 Å². The van der Waals surface area contributed by atoms with Gasteiger partial charge in [-0.1, -0.05) is 25.1 Å². The third-order valence-electron chi connectivity index (χ3n) is 2.51. The van der Waals surface area contributed by atoms with Gasteiger partial charge in [-0.25, -0.2) is 0 Å². The molecule has 0 unspecified atom stereocenters. The first-order valence-corrected chi connectivity index (χ1v) is 4.76. The van der Waals surface area contributed by atoms with Crippen molar-refractivity contribution >= 4 is 10.8 Å². The fraction of sp³-hybridized carbons (Fsp3) is 0.250. The number of benzene rings is 1. The van der Waals surface area contributed by atoms with Crippen molar-refractivity contribution in [2.75, 3.05) is 6.61 Å². The molecule has 0 aliphatic heterocycles. The molecule has 72 valence electrons. The van der Waals surface area contributed by atoms with Crippen molar-refractivity contribution in [1.82, 2.24) is 4.98 Å². The largest absolute Gasteiger partial charge is 0.396 e. The molecule has 0 aliphatic carbocycles. The van der Waals surface area contributed by atoms with E-state index in [1.54, 1.807) is 6.20 Å². The minimum Gasteiger partial charge on any atom is -0.396 e. The molecule has 0 amide bonds. The first kappa shape index (κ1) is 9.16. The standard InChI is InChI=1S/C12H13NO/c1-9(8-14)10-2-3-12-7-13-5-4-11(12)6-10/h2-7,9,14H,8H2,1H3/t9-/m1/s1. The van der Waals surface area contributed by atoms with Gasteiger partial charge in [0.25, 0.3) is 0 Å². The lowest BCUT2D eigenvalue weighted by Crippen LogP contribution is -1.98. The number of aliphatic hydroxyl groups excluding tert-OH is 1. The Bertz CT molecular complexity index is 439. The van der Waals surface area contributed by atoms with E-state index < -0.39 is 0 Å². The zero-order valence-corrected chi connectivity index (χ0v) is 8.14. The zero-order chi connectivity index (χ0) is 9.97. The van der Waals surface area contributed by atoms with Crippen molar-refractivity contribution in [3.63, 3.8) is 0 Å². The van der Waals surface area contributed by atoms with E-state index >= 15 is 0 Å². The maximum Gasteiger partial charge on any atom is 0.0497 e. The first-order valence-electron chi connectivity index (χ1n) is 4.76. The average Bonchev–Trinajstić information content (AvgIpc) is 2.27. The molecule has 0 radical (unpaired) electrons. The highest BCUT2D eigenvalue weighted by Gasteiger charge is 2.03. The SMILES string of the molecule is C[C@H](CO)c1ccc2cnccc2c1. The van der Waals surface area contributed by atoms with Gasteiger partial charge in [0.05, 0.1) is 0 Å². The van der Waals surface area contributed by atoms with E-state index in [0.717, 1.165) is 5.39 Å². The zero-order valence-electron chi connectivity index (χ0n) is 8.14. The van der Waals surface area contributed by atoms with Crippen molar-refractivity contribution in [3.8, 4) is 0 Å². The molecule has 0 fully saturated rings. The molecule has 0 spiro atoms. The summed E-state index contributed by atoms with van der Waals surface area (Å²) in [7, 11) is 0. The summed E-state index contributed by atoms with van der Waals surface area (Å²) in [6.45, 7) is 2.21. The molecule has 0 saturated heterocycles. The Morgan fingerprint density at radius 3 is 2.93 bits per heavy atom. The van der Waals surface area contributed by atoms with Crippen LogP contribution in [0.3, 0.4) is 0 Å². The Labute approximate surface area is 83.2 Å². The van der Waals surface area contributed by atoms with Crippen molar-refractivity contribution in [3.05, 3.63) is 42.2 Å². The van der Waals surface area contributed by atoms with E-state index in [-0.39, 0.29) is 12.5 Å². The molecule has 2 nitrogen and oxygen atoms in total. The molecule has 14 heavy (non-hydrogen) atoms. The molecule has 1 N–H and O–H groups in total. The van der Waals surface area contributed by atoms with Gasteiger partial charge in [-0.3, -0.25) is 4.98 Å². The summed E-state index contributed by atoms with van der Waals surface area (Å²) in [5, 5.41) is 11.4. The highest BCUT2D eigenvalue weighted by molar-refractivity contribution is 5.82.